The van der Waals surface area contributed by atoms with E-state index in [1.807, 2.05) is 47.9 Å². The van der Waals surface area contributed by atoms with Crippen LogP contribution in [0.4, 0.5) is 4.79 Å². The number of nitrogens with one attached hydrogen (secondary N) is 1. The van der Waals surface area contributed by atoms with Crippen molar-refractivity contribution in [1.29, 1.82) is 0 Å². The van der Waals surface area contributed by atoms with E-state index < -0.39 is 0 Å². The maximum Gasteiger partial charge on any atom is 0.317 e. The minimum atomic E-state index is -0.184. The summed E-state index contributed by atoms with van der Waals surface area (Å²) in [5.41, 5.74) is 2.64. The smallest absolute Gasteiger partial charge is 0.317 e. The first kappa shape index (κ1) is 21.2. The summed E-state index contributed by atoms with van der Waals surface area (Å²) in [5.74, 6) is 1.72. The van der Waals surface area contributed by atoms with Crippen LogP contribution in [0, 0.1) is 13.8 Å². The van der Waals surface area contributed by atoms with E-state index >= 15 is 0 Å². The molecule has 3 amide bonds. The van der Waals surface area contributed by atoms with Crippen molar-refractivity contribution in [2.24, 2.45) is 0 Å². The zero-order chi connectivity index (χ0) is 22.0. The number of aryl methyl sites for hydroxylation is 2. The second-order valence-corrected chi connectivity index (χ2v) is 8.50. The molecule has 0 aliphatic carbocycles. The Kier molecular flexibility index (Phi) is 5.89. The number of ether oxygens (including phenoxy) is 1. The number of carbonyl (C=O) groups is 2. The van der Waals surface area contributed by atoms with Crippen LogP contribution in [-0.2, 0) is 17.9 Å². The first-order valence-corrected chi connectivity index (χ1v) is 10.8. The molecule has 0 radical (unpaired) electrons. The molecule has 0 unspecified atom stereocenters. The molecule has 1 N–H and O–H groups in total. The number of methoxy groups -OCH3 is 1. The van der Waals surface area contributed by atoms with E-state index in [0.717, 1.165) is 47.6 Å². The number of urea groups is 1. The molecule has 2 aliphatic heterocycles. The van der Waals surface area contributed by atoms with Crippen LogP contribution in [-0.4, -0.2) is 52.6 Å². The molecule has 8 heteroatoms. The van der Waals surface area contributed by atoms with Gasteiger partial charge in [0.15, 0.2) is 0 Å². The predicted octanol–water partition coefficient (Wildman–Crippen LogP) is 3.17. The zero-order valence-electron chi connectivity index (χ0n) is 18.4. The Labute approximate surface area is 182 Å². The lowest BCUT2D eigenvalue weighted by Gasteiger charge is -2.45. The van der Waals surface area contributed by atoms with Crippen LogP contribution in [0.5, 0.6) is 5.75 Å². The van der Waals surface area contributed by atoms with Crippen LogP contribution in [0.1, 0.15) is 48.3 Å². The third kappa shape index (κ3) is 4.24. The van der Waals surface area contributed by atoms with Gasteiger partial charge in [-0.05, 0) is 50.8 Å². The molecule has 166 valence electrons. The van der Waals surface area contributed by atoms with E-state index in [-0.39, 0.29) is 17.5 Å². The highest BCUT2D eigenvalue weighted by Crippen LogP contribution is 2.40. The highest BCUT2D eigenvalue weighted by Gasteiger charge is 2.47. The van der Waals surface area contributed by atoms with Crippen molar-refractivity contribution < 1.29 is 18.8 Å². The molecule has 8 nitrogen and oxygen atoms in total. The van der Waals surface area contributed by atoms with Crippen LogP contribution < -0.4 is 10.1 Å². The van der Waals surface area contributed by atoms with E-state index in [9.17, 15) is 9.59 Å². The summed E-state index contributed by atoms with van der Waals surface area (Å²) < 4.78 is 10.5. The summed E-state index contributed by atoms with van der Waals surface area (Å²) in [6.45, 7) is 6.05. The van der Waals surface area contributed by atoms with Gasteiger partial charge >= 0.3 is 6.03 Å². The first-order chi connectivity index (χ1) is 14.9. The lowest BCUT2D eigenvalue weighted by Crippen LogP contribution is -2.55. The van der Waals surface area contributed by atoms with Crippen LogP contribution in [0.15, 0.2) is 28.8 Å². The van der Waals surface area contributed by atoms with Crippen LogP contribution >= 0.6 is 0 Å². The standard InChI is InChI=1S/C23H30N4O4/c1-16-20(17(2)31-25-16)15-27-21(28)7-8-23(27)9-11-26(12-10-23)22(29)24-14-18-5-4-6-19(13-18)30-3/h4-6,13H,7-12,14-15H2,1-3H3,(H,24,29). The maximum atomic E-state index is 12.7. The number of hydrogen-bond donors (Lipinski definition) is 1. The van der Waals surface area contributed by atoms with Gasteiger partial charge in [0.2, 0.25) is 5.91 Å². The van der Waals surface area contributed by atoms with E-state index in [1.165, 1.54) is 0 Å². The lowest BCUT2D eigenvalue weighted by atomic mass is 9.84. The number of benzene rings is 1. The van der Waals surface area contributed by atoms with Crippen molar-refractivity contribution in [1.82, 2.24) is 20.3 Å². The average molecular weight is 427 g/mol. The third-order valence-electron chi connectivity index (χ3n) is 6.73. The largest absolute Gasteiger partial charge is 0.497 e. The van der Waals surface area contributed by atoms with Gasteiger partial charge in [-0.2, -0.15) is 0 Å². The summed E-state index contributed by atoms with van der Waals surface area (Å²) in [6, 6.07) is 7.61. The van der Waals surface area contributed by atoms with Gasteiger partial charge in [0.25, 0.3) is 0 Å². The second kappa shape index (κ2) is 8.61. The van der Waals surface area contributed by atoms with Crippen LogP contribution in [0.25, 0.3) is 0 Å². The Balaban J connectivity index is 1.36. The molecule has 31 heavy (non-hydrogen) atoms. The quantitative estimate of drug-likeness (QED) is 0.793. The number of amides is 3. The van der Waals surface area contributed by atoms with Crippen LogP contribution in [0.2, 0.25) is 0 Å². The second-order valence-electron chi connectivity index (χ2n) is 8.50. The van der Waals surface area contributed by atoms with Crippen molar-refractivity contribution in [3.63, 3.8) is 0 Å². The molecular weight excluding hydrogens is 396 g/mol. The van der Waals surface area contributed by atoms with Crippen LogP contribution in [0.3, 0.4) is 0 Å². The van der Waals surface area contributed by atoms with Gasteiger partial charge in [-0.3, -0.25) is 4.79 Å². The normalized spacial score (nSPS) is 18.0. The topological polar surface area (TPSA) is 87.9 Å². The SMILES string of the molecule is COc1cccc(CNC(=O)N2CCC3(CCC(=O)N3Cc3c(C)noc3C)CC2)c1. The fraction of sp³-hybridized carbons (Fsp3) is 0.522. The number of nitrogens with zero attached hydrogens (tertiary/aromatic N) is 3. The van der Waals surface area contributed by atoms with Crippen molar-refractivity contribution in [2.45, 2.75) is 58.2 Å². The van der Waals surface area contributed by atoms with E-state index in [0.29, 0.717) is 32.6 Å². The molecule has 0 saturated carbocycles. The summed E-state index contributed by atoms with van der Waals surface area (Å²) in [5, 5.41) is 7.03. The average Bonchev–Trinajstić information content (AvgIpc) is 3.27. The molecule has 2 aliphatic rings. The molecule has 3 heterocycles. The predicted molar refractivity (Wildman–Crippen MR) is 115 cm³/mol. The molecular formula is C23H30N4O4. The Morgan fingerprint density at radius 1 is 1.26 bits per heavy atom. The zero-order valence-corrected chi connectivity index (χ0v) is 18.4. The minimum Gasteiger partial charge on any atom is -0.497 e. The van der Waals surface area contributed by atoms with E-state index in [2.05, 4.69) is 10.5 Å². The molecule has 4 rings (SSSR count). The molecule has 1 aromatic heterocycles. The number of piperidine rings is 1. The Hall–Kier alpha value is -3.03. The van der Waals surface area contributed by atoms with Crippen molar-refractivity contribution in [2.75, 3.05) is 20.2 Å². The third-order valence-corrected chi connectivity index (χ3v) is 6.73. The first-order valence-electron chi connectivity index (χ1n) is 10.8. The minimum absolute atomic E-state index is 0.0701. The van der Waals surface area contributed by atoms with E-state index in [4.69, 9.17) is 9.26 Å². The van der Waals surface area contributed by atoms with Crippen molar-refractivity contribution in [3.05, 3.63) is 46.8 Å². The number of hydrogen-bond acceptors (Lipinski definition) is 5. The van der Waals surface area contributed by atoms with E-state index in [1.54, 1.807) is 7.11 Å². The van der Waals surface area contributed by atoms with Gasteiger partial charge in [0, 0.05) is 37.2 Å². The molecule has 2 fully saturated rings. The molecule has 1 spiro atoms. The highest BCUT2D eigenvalue weighted by atomic mass is 16.5. The molecule has 0 bridgehead atoms. The van der Waals surface area contributed by atoms with Gasteiger partial charge in [-0.1, -0.05) is 17.3 Å². The maximum absolute atomic E-state index is 12.7. The molecule has 2 saturated heterocycles. The summed E-state index contributed by atoms with van der Waals surface area (Å²) in [6.07, 6.45) is 2.98. The van der Waals surface area contributed by atoms with Crippen molar-refractivity contribution >= 4 is 11.9 Å². The summed E-state index contributed by atoms with van der Waals surface area (Å²) >= 11 is 0. The molecule has 0 atom stereocenters. The Morgan fingerprint density at radius 3 is 2.71 bits per heavy atom. The number of aromatic nitrogens is 1. The summed E-state index contributed by atoms with van der Waals surface area (Å²) in [7, 11) is 1.63. The van der Waals surface area contributed by atoms with Gasteiger partial charge in [-0.15, -0.1) is 0 Å². The highest BCUT2D eigenvalue weighted by molar-refractivity contribution is 5.80. The Morgan fingerprint density at radius 2 is 2.03 bits per heavy atom. The van der Waals surface area contributed by atoms with Gasteiger partial charge in [-0.25, -0.2) is 4.79 Å². The Bertz CT molecular complexity index is 943. The number of carbonyl (C=O) groups excluding carboxylic acids is 2. The summed E-state index contributed by atoms with van der Waals surface area (Å²) in [4.78, 5) is 29.3. The fourth-order valence-corrected chi connectivity index (χ4v) is 4.73. The lowest BCUT2D eigenvalue weighted by molar-refractivity contribution is -0.133. The van der Waals surface area contributed by atoms with Gasteiger partial charge < -0.3 is 24.4 Å². The number of likely N-dealkylation sites (tertiary alicyclic amines) is 2. The fourth-order valence-electron chi connectivity index (χ4n) is 4.73. The van der Waals surface area contributed by atoms with Gasteiger partial charge in [0.1, 0.15) is 11.5 Å². The monoisotopic (exact) mass is 426 g/mol. The molecule has 2 aromatic rings. The van der Waals surface area contributed by atoms with Gasteiger partial charge in [0.05, 0.1) is 19.3 Å². The molecule has 1 aromatic carbocycles. The van der Waals surface area contributed by atoms with Crippen molar-refractivity contribution in [3.8, 4) is 5.75 Å². The number of rotatable bonds is 5.